The van der Waals surface area contributed by atoms with Gasteiger partial charge in [-0.05, 0) is 44.9 Å². The van der Waals surface area contributed by atoms with Crippen LogP contribution in [0.25, 0.3) is 0 Å². The van der Waals surface area contributed by atoms with E-state index in [2.05, 4.69) is 11.4 Å². The van der Waals surface area contributed by atoms with E-state index in [-0.39, 0.29) is 11.4 Å². The van der Waals surface area contributed by atoms with E-state index in [1.165, 1.54) is 31.3 Å². The van der Waals surface area contributed by atoms with Crippen LogP contribution in [0.15, 0.2) is 11.6 Å². The van der Waals surface area contributed by atoms with Gasteiger partial charge in [0.1, 0.15) is 0 Å². The quantitative estimate of drug-likeness (QED) is 0.698. The molecule has 1 fully saturated rings. The monoisotopic (exact) mass is 222 g/mol. The molecule has 3 N–H and O–H groups in total. The van der Waals surface area contributed by atoms with Gasteiger partial charge in [0, 0.05) is 18.5 Å². The second-order valence-corrected chi connectivity index (χ2v) is 5.25. The lowest BCUT2D eigenvalue weighted by Gasteiger charge is -2.37. The second-order valence-electron chi connectivity index (χ2n) is 5.25. The van der Waals surface area contributed by atoms with Gasteiger partial charge in [-0.15, -0.1) is 0 Å². The Bertz CT molecular complexity index is 292. The first-order valence-electron chi connectivity index (χ1n) is 6.41. The fourth-order valence-corrected chi connectivity index (χ4v) is 2.52. The predicted octanol–water partition coefficient (Wildman–Crippen LogP) is 1.87. The van der Waals surface area contributed by atoms with Crippen LogP contribution in [0.4, 0.5) is 0 Å². The molecule has 0 heterocycles. The maximum Gasteiger partial charge on any atom is 0.221 e. The predicted molar refractivity (Wildman–Crippen MR) is 64.9 cm³/mol. The van der Waals surface area contributed by atoms with E-state index in [1.54, 1.807) is 0 Å². The Morgan fingerprint density at radius 3 is 2.81 bits per heavy atom. The molecule has 3 heteroatoms. The van der Waals surface area contributed by atoms with E-state index in [4.69, 9.17) is 5.73 Å². The standard InChI is InChI=1S/C13H22N2O/c14-13(7-3-8-13)10-12(16)15-9-6-11-4-1-2-5-11/h4H,1-3,5-10,14H2,(H,15,16). The van der Waals surface area contributed by atoms with Gasteiger partial charge in [-0.3, -0.25) is 4.79 Å². The van der Waals surface area contributed by atoms with Crippen molar-refractivity contribution in [2.24, 2.45) is 5.73 Å². The summed E-state index contributed by atoms with van der Waals surface area (Å²) in [6.07, 6.45) is 10.7. The third-order valence-electron chi connectivity index (χ3n) is 3.77. The molecule has 0 aromatic carbocycles. The van der Waals surface area contributed by atoms with Crippen molar-refractivity contribution in [3.05, 3.63) is 11.6 Å². The largest absolute Gasteiger partial charge is 0.356 e. The van der Waals surface area contributed by atoms with Crippen LogP contribution in [0.2, 0.25) is 0 Å². The summed E-state index contributed by atoms with van der Waals surface area (Å²) in [5, 5.41) is 2.97. The lowest BCUT2D eigenvalue weighted by Crippen LogP contribution is -2.50. The molecule has 0 bridgehead atoms. The van der Waals surface area contributed by atoms with E-state index in [0.29, 0.717) is 6.42 Å². The first-order valence-corrected chi connectivity index (χ1v) is 6.41. The number of hydrogen-bond donors (Lipinski definition) is 2. The third kappa shape index (κ3) is 3.08. The van der Waals surface area contributed by atoms with Crippen LogP contribution in [-0.4, -0.2) is 18.0 Å². The molecule has 90 valence electrons. The minimum absolute atomic E-state index is 0.126. The van der Waals surface area contributed by atoms with Crippen molar-refractivity contribution in [2.45, 2.75) is 56.9 Å². The molecule has 16 heavy (non-hydrogen) atoms. The van der Waals surface area contributed by atoms with Crippen LogP contribution in [0, 0.1) is 0 Å². The summed E-state index contributed by atoms with van der Waals surface area (Å²) < 4.78 is 0. The molecule has 1 amide bonds. The molecule has 3 nitrogen and oxygen atoms in total. The van der Waals surface area contributed by atoms with Crippen molar-refractivity contribution in [1.29, 1.82) is 0 Å². The van der Waals surface area contributed by atoms with Crippen molar-refractivity contribution < 1.29 is 4.79 Å². The number of hydrogen-bond acceptors (Lipinski definition) is 2. The highest BCUT2D eigenvalue weighted by Gasteiger charge is 2.34. The van der Waals surface area contributed by atoms with Crippen molar-refractivity contribution in [3.63, 3.8) is 0 Å². The van der Waals surface area contributed by atoms with Gasteiger partial charge in [0.25, 0.3) is 0 Å². The van der Waals surface area contributed by atoms with E-state index in [0.717, 1.165) is 25.8 Å². The van der Waals surface area contributed by atoms with Gasteiger partial charge in [0.15, 0.2) is 0 Å². The molecule has 0 radical (unpaired) electrons. The van der Waals surface area contributed by atoms with E-state index < -0.39 is 0 Å². The lowest BCUT2D eigenvalue weighted by atomic mass is 9.75. The molecule has 2 aliphatic rings. The van der Waals surface area contributed by atoms with Gasteiger partial charge in [-0.25, -0.2) is 0 Å². The number of allylic oxidation sites excluding steroid dienone is 1. The number of carbonyl (C=O) groups excluding carboxylic acids is 1. The van der Waals surface area contributed by atoms with Crippen LogP contribution in [0.5, 0.6) is 0 Å². The minimum Gasteiger partial charge on any atom is -0.356 e. The first-order chi connectivity index (χ1) is 7.68. The van der Waals surface area contributed by atoms with Gasteiger partial charge >= 0.3 is 0 Å². The average molecular weight is 222 g/mol. The Morgan fingerprint density at radius 1 is 1.44 bits per heavy atom. The lowest BCUT2D eigenvalue weighted by molar-refractivity contribution is -0.122. The maximum absolute atomic E-state index is 11.6. The smallest absolute Gasteiger partial charge is 0.221 e. The highest BCUT2D eigenvalue weighted by atomic mass is 16.1. The van der Waals surface area contributed by atoms with Gasteiger partial charge in [0.2, 0.25) is 5.91 Å². The zero-order valence-electron chi connectivity index (χ0n) is 9.93. The number of amides is 1. The molecule has 0 aromatic rings. The number of nitrogens with one attached hydrogen (secondary N) is 1. The van der Waals surface area contributed by atoms with Crippen molar-refractivity contribution in [3.8, 4) is 0 Å². The SMILES string of the molecule is NC1(CC(=O)NCCC2=CCCC2)CCC1. The zero-order chi connectivity index (χ0) is 11.4. The molecular weight excluding hydrogens is 200 g/mol. The normalized spacial score (nSPS) is 22.4. The summed E-state index contributed by atoms with van der Waals surface area (Å²) in [4.78, 5) is 11.6. The second kappa shape index (κ2) is 5.00. The summed E-state index contributed by atoms with van der Waals surface area (Å²) in [5.74, 6) is 0.126. The topological polar surface area (TPSA) is 55.1 Å². The molecule has 0 aliphatic heterocycles. The minimum atomic E-state index is -0.184. The summed E-state index contributed by atoms with van der Waals surface area (Å²) >= 11 is 0. The maximum atomic E-state index is 11.6. The first kappa shape index (κ1) is 11.6. The molecule has 1 saturated carbocycles. The molecule has 0 saturated heterocycles. The van der Waals surface area contributed by atoms with Gasteiger partial charge in [-0.2, -0.15) is 0 Å². The fraction of sp³-hybridized carbons (Fsp3) is 0.769. The number of nitrogens with two attached hydrogens (primary N) is 1. The van der Waals surface area contributed by atoms with Crippen LogP contribution in [-0.2, 0) is 4.79 Å². The van der Waals surface area contributed by atoms with Crippen LogP contribution < -0.4 is 11.1 Å². The summed E-state index contributed by atoms with van der Waals surface area (Å²) in [5.41, 5.74) is 7.35. The van der Waals surface area contributed by atoms with Gasteiger partial charge < -0.3 is 11.1 Å². The van der Waals surface area contributed by atoms with Crippen LogP contribution in [0.3, 0.4) is 0 Å². The Balaban J connectivity index is 1.60. The van der Waals surface area contributed by atoms with Crippen molar-refractivity contribution in [2.75, 3.05) is 6.54 Å². The summed E-state index contributed by atoms with van der Waals surface area (Å²) in [7, 11) is 0. The molecule has 0 unspecified atom stereocenters. The van der Waals surface area contributed by atoms with Crippen molar-refractivity contribution >= 4 is 5.91 Å². The van der Waals surface area contributed by atoms with Gasteiger partial charge in [-0.1, -0.05) is 11.6 Å². The molecular formula is C13H22N2O. The Hall–Kier alpha value is -0.830. The zero-order valence-corrected chi connectivity index (χ0v) is 9.93. The molecule has 0 aromatic heterocycles. The molecule has 2 aliphatic carbocycles. The van der Waals surface area contributed by atoms with E-state index >= 15 is 0 Å². The molecule has 2 rings (SSSR count). The van der Waals surface area contributed by atoms with E-state index in [9.17, 15) is 4.79 Å². The Morgan fingerprint density at radius 2 is 2.25 bits per heavy atom. The Labute approximate surface area is 97.5 Å². The highest BCUT2D eigenvalue weighted by molar-refractivity contribution is 5.77. The number of carbonyl (C=O) groups is 1. The van der Waals surface area contributed by atoms with E-state index in [1.807, 2.05) is 0 Å². The summed E-state index contributed by atoms with van der Waals surface area (Å²) in [6.45, 7) is 0.779. The Kier molecular flexibility index (Phi) is 3.64. The van der Waals surface area contributed by atoms with Crippen LogP contribution in [0.1, 0.15) is 51.4 Å². The highest BCUT2D eigenvalue weighted by Crippen LogP contribution is 2.31. The summed E-state index contributed by atoms with van der Waals surface area (Å²) in [6, 6.07) is 0. The molecule has 0 spiro atoms. The van der Waals surface area contributed by atoms with Crippen LogP contribution >= 0.6 is 0 Å². The average Bonchev–Trinajstić information content (AvgIpc) is 2.68. The van der Waals surface area contributed by atoms with Gasteiger partial charge in [0.05, 0.1) is 0 Å². The fourth-order valence-electron chi connectivity index (χ4n) is 2.52. The van der Waals surface area contributed by atoms with Crippen molar-refractivity contribution in [1.82, 2.24) is 5.32 Å². The molecule has 0 atom stereocenters. The number of rotatable bonds is 5. The third-order valence-corrected chi connectivity index (χ3v) is 3.77.